The predicted octanol–water partition coefficient (Wildman–Crippen LogP) is 3.74. The zero-order valence-corrected chi connectivity index (χ0v) is 16.4. The lowest BCUT2D eigenvalue weighted by Crippen LogP contribution is -2.37. The van der Waals surface area contributed by atoms with Crippen LogP contribution in [0.15, 0.2) is 83.5 Å². The fraction of sp³-hybridized carbons (Fsp3) is 0.0455. The Morgan fingerprint density at radius 3 is 2.50 bits per heavy atom. The normalized spacial score (nSPS) is 11.8. The van der Waals surface area contributed by atoms with E-state index in [1.165, 1.54) is 6.26 Å². The third kappa shape index (κ3) is 3.97. The van der Waals surface area contributed by atoms with Crippen molar-refractivity contribution in [2.45, 2.75) is 6.04 Å². The summed E-state index contributed by atoms with van der Waals surface area (Å²) in [4.78, 5) is 24.9. The Labute approximate surface area is 177 Å². The number of aromatic nitrogens is 2. The molecule has 0 spiro atoms. The van der Waals surface area contributed by atoms with Crippen molar-refractivity contribution in [1.82, 2.24) is 15.1 Å². The van der Waals surface area contributed by atoms with Gasteiger partial charge in [-0.2, -0.15) is 5.10 Å². The van der Waals surface area contributed by atoms with E-state index in [0.29, 0.717) is 27.7 Å². The molecule has 2 aromatic heterocycles. The van der Waals surface area contributed by atoms with Gasteiger partial charge in [0.1, 0.15) is 11.7 Å². The number of benzene rings is 2. The van der Waals surface area contributed by atoms with Crippen LogP contribution >= 0.6 is 11.6 Å². The highest BCUT2D eigenvalue weighted by molar-refractivity contribution is 6.30. The fourth-order valence-electron chi connectivity index (χ4n) is 3.07. The number of hydrogen-bond acceptors (Lipinski definition) is 4. The van der Waals surface area contributed by atoms with Crippen LogP contribution in [0, 0.1) is 0 Å². The van der Waals surface area contributed by atoms with Crippen molar-refractivity contribution in [3.05, 3.63) is 95.3 Å². The van der Waals surface area contributed by atoms with Crippen LogP contribution in [0.5, 0.6) is 0 Å². The monoisotopic (exact) mass is 420 g/mol. The number of nitrogens with one attached hydrogen (secondary N) is 1. The summed E-state index contributed by atoms with van der Waals surface area (Å²) in [7, 11) is 0. The average Bonchev–Trinajstić information content (AvgIpc) is 3.42. The lowest BCUT2D eigenvalue weighted by Gasteiger charge is -2.14. The summed E-state index contributed by atoms with van der Waals surface area (Å²) < 4.78 is 7.05. The first-order valence-electron chi connectivity index (χ1n) is 9.08. The van der Waals surface area contributed by atoms with E-state index in [1.807, 2.05) is 12.1 Å². The first kappa shape index (κ1) is 19.5. The summed E-state index contributed by atoms with van der Waals surface area (Å²) in [6.07, 6.45) is 1.53. The maximum Gasteiger partial charge on any atom is 0.272 e. The molecule has 7 nitrogen and oxygen atoms in total. The molecule has 0 saturated heterocycles. The molecule has 3 N–H and O–H groups in total. The Hall–Kier alpha value is -3.84. The summed E-state index contributed by atoms with van der Waals surface area (Å²) in [5.41, 5.74) is 7.40. The minimum atomic E-state index is -0.984. The molecule has 0 radical (unpaired) electrons. The van der Waals surface area contributed by atoms with Gasteiger partial charge in [-0.15, -0.1) is 0 Å². The Kier molecular flexibility index (Phi) is 5.36. The average molecular weight is 421 g/mol. The second-order valence-corrected chi connectivity index (χ2v) is 6.94. The van der Waals surface area contributed by atoms with Gasteiger partial charge in [-0.05, 0) is 35.9 Å². The zero-order valence-electron chi connectivity index (χ0n) is 15.7. The van der Waals surface area contributed by atoms with E-state index >= 15 is 0 Å². The third-order valence-corrected chi connectivity index (χ3v) is 4.70. The number of rotatable bonds is 6. The molecule has 0 saturated carbocycles. The SMILES string of the molecule is NC(=O)C(NC(=O)c1cc(-c2ccco2)n(-c2cccc(Cl)c2)n1)c1ccccc1. The number of nitrogens with zero attached hydrogens (tertiary/aromatic N) is 2. The molecule has 0 aliphatic carbocycles. The number of carbonyl (C=O) groups is 2. The van der Waals surface area contributed by atoms with Crippen molar-refractivity contribution in [2.75, 3.05) is 0 Å². The molecule has 1 atom stereocenters. The van der Waals surface area contributed by atoms with Crippen LogP contribution in [-0.2, 0) is 4.79 Å². The van der Waals surface area contributed by atoms with Crippen LogP contribution in [0.3, 0.4) is 0 Å². The molecule has 1 unspecified atom stereocenters. The standard InChI is InChI=1S/C22H17ClN4O3/c23-15-8-4-9-16(12-15)27-18(19-10-5-11-30-19)13-17(26-27)22(29)25-20(21(24)28)14-6-2-1-3-7-14/h1-13,20H,(H2,24,28)(H,25,29). The van der Waals surface area contributed by atoms with Gasteiger partial charge in [0, 0.05) is 11.1 Å². The van der Waals surface area contributed by atoms with Gasteiger partial charge in [0.2, 0.25) is 5.91 Å². The van der Waals surface area contributed by atoms with Crippen LogP contribution in [0.2, 0.25) is 5.02 Å². The molecule has 0 fully saturated rings. The highest BCUT2D eigenvalue weighted by atomic mass is 35.5. The van der Waals surface area contributed by atoms with Gasteiger partial charge in [0.05, 0.1) is 12.0 Å². The maximum absolute atomic E-state index is 12.9. The van der Waals surface area contributed by atoms with Gasteiger partial charge in [-0.25, -0.2) is 4.68 Å². The number of nitrogens with two attached hydrogens (primary N) is 1. The van der Waals surface area contributed by atoms with Gasteiger partial charge in [0.25, 0.3) is 5.91 Å². The number of halogens is 1. The fourth-order valence-corrected chi connectivity index (χ4v) is 3.25. The second-order valence-electron chi connectivity index (χ2n) is 6.50. The number of furan rings is 1. The van der Waals surface area contributed by atoms with Crippen LogP contribution in [0.25, 0.3) is 17.1 Å². The Morgan fingerprint density at radius 1 is 1.03 bits per heavy atom. The molecule has 2 heterocycles. The Morgan fingerprint density at radius 2 is 1.83 bits per heavy atom. The number of amides is 2. The number of hydrogen-bond donors (Lipinski definition) is 2. The Bertz CT molecular complexity index is 1190. The summed E-state index contributed by atoms with van der Waals surface area (Å²) in [6, 6.07) is 19.9. The van der Waals surface area contributed by atoms with E-state index < -0.39 is 17.9 Å². The molecule has 150 valence electrons. The molecular weight excluding hydrogens is 404 g/mol. The molecule has 2 amide bonds. The topological polar surface area (TPSA) is 103 Å². The summed E-state index contributed by atoms with van der Waals surface area (Å²) in [6.45, 7) is 0. The minimum Gasteiger partial charge on any atom is -0.463 e. The molecule has 30 heavy (non-hydrogen) atoms. The van der Waals surface area contributed by atoms with Crippen LogP contribution < -0.4 is 11.1 Å². The van der Waals surface area contributed by atoms with E-state index in [0.717, 1.165) is 0 Å². The van der Waals surface area contributed by atoms with Gasteiger partial charge < -0.3 is 15.5 Å². The highest BCUT2D eigenvalue weighted by Crippen LogP contribution is 2.26. The largest absolute Gasteiger partial charge is 0.463 e. The van der Waals surface area contributed by atoms with Crippen molar-refractivity contribution < 1.29 is 14.0 Å². The van der Waals surface area contributed by atoms with Crippen molar-refractivity contribution in [2.24, 2.45) is 5.73 Å². The second kappa shape index (κ2) is 8.26. The van der Waals surface area contributed by atoms with Gasteiger partial charge in [-0.3, -0.25) is 9.59 Å². The van der Waals surface area contributed by atoms with E-state index in [1.54, 1.807) is 65.3 Å². The molecule has 4 aromatic rings. The molecule has 0 bridgehead atoms. The molecular formula is C22H17ClN4O3. The van der Waals surface area contributed by atoms with E-state index in [2.05, 4.69) is 10.4 Å². The van der Waals surface area contributed by atoms with Crippen molar-refractivity contribution in [3.8, 4) is 17.1 Å². The maximum atomic E-state index is 12.9. The first-order chi connectivity index (χ1) is 14.5. The van der Waals surface area contributed by atoms with Crippen LogP contribution in [0.4, 0.5) is 0 Å². The molecule has 0 aliphatic rings. The Balaban J connectivity index is 1.71. The summed E-state index contributed by atoms with van der Waals surface area (Å²) in [5, 5.41) is 7.59. The molecule has 8 heteroatoms. The van der Waals surface area contributed by atoms with Gasteiger partial charge >= 0.3 is 0 Å². The van der Waals surface area contributed by atoms with Crippen molar-refractivity contribution in [1.29, 1.82) is 0 Å². The van der Waals surface area contributed by atoms with Crippen LogP contribution in [-0.4, -0.2) is 21.6 Å². The lowest BCUT2D eigenvalue weighted by atomic mass is 10.1. The highest BCUT2D eigenvalue weighted by Gasteiger charge is 2.24. The van der Waals surface area contributed by atoms with Crippen molar-refractivity contribution >= 4 is 23.4 Å². The summed E-state index contributed by atoms with van der Waals surface area (Å²) in [5.74, 6) is -0.692. The quantitative estimate of drug-likeness (QED) is 0.495. The summed E-state index contributed by atoms with van der Waals surface area (Å²) >= 11 is 6.12. The number of carbonyl (C=O) groups excluding carboxylic acids is 2. The molecule has 2 aromatic carbocycles. The van der Waals surface area contributed by atoms with Crippen LogP contribution in [0.1, 0.15) is 22.1 Å². The predicted molar refractivity (Wildman–Crippen MR) is 112 cm³/mol. The number of primary amides is 1. The minimum absolute atomic E-state index is 0.101. The molecule has 4 rings (SSSR count). The van der Waals surface area contributed by atoms with Gasteiger partial charge in [-0.1, -0.05) is 48.0 Å². The lowest BCUT2D eigenvalue weighted by molar-refractivity contribution is -0.120. The smallest absolute Gasteiger partial charge is 0.272 e. The molecule has 0 aliphatic heterocycles. The first-order valence-corrected chi connectivity index (χ1v) is 9.46. The van der Waals surface area contributed by atoms with Gasteiger partial charge in [0.15, 0.2) is 11.5 Å². The van der Waals surface area contributed by atoms with E-state index in [9.17, 15) is 9.59 Å². The van der Waals surface area contributed by atoms with Crippen molar-refractivity contribution in [3.63, 3.8) is 0 Å². The van der Waals surface area contributed by atoms with E-state index in [-0.39, 0.29) is 5.69 Å². The third-order valence-electron chi connectivity index (χ3n) is 4.46. The zero-order chi connectivity index (χ0) is 21.1. The van der Waals surface area contributed by atoms with E-state index in [4.69, 9.17) is 21.8 Å².